The second-order valence-corrected chi connectivity index (χ2v) is 4.62. The summed E-state index contributed by atoms with van der Waals surface area (Å²) in [5, 5.41) is 0. The fraction of sp³-hybridized carbons (Fsp3) is 0.538. The molecule has 0 aliphatic heterocycles. The number of rotatable bonds is 4. The van der Waals surface area contributed by atoms with Gasteiger partial charge in [-0.25, -0.2) is 0 Å². The Hall–Kier alpha value is -0.900. The summed E-state index contributed by atoms with van der Waals surface area (Å²) < 4.78 is 38.7. The number of benzene rings is 1. The zero-order valence-corrected chi connectivity index (χ0v) is 11.4. The second-order valence-electron chi connectivity index (χ2n) is 4.35. The van der Waals surface area contributed by atoms with Crippen LogP contribution in [0.3, 0.4) is 0 Å². The molecule has 0 N–H and O–H groups in total. The van der Waals surface area contributed by atoms with Crippen LogP contribution in [0.2, 0.25) is 0 Å². The number of nitrogens with zero attached hydrogens (tertiary/aromatic N) is 1. The van der Waals surface area contributed by atoms with Crippen molar-refractivity contribution in [3.05, 3.63) is 29.3 Å². The van der Waals surface area contributed by atoms with Crippen LogP contribution in [-0.2, 0) is 12.1 Å². The van der Waals surface area contributed by atoms with Crippen LogP contribution in [0, 0.1) is 0 Å². The van der Waals surface area contributed by atoms with Gasteiger partial charge in [0.2, 0.25) is 0 Å². The van der Waals surface area contributed by atoms with Gasteiger partial charge in [-0.2, -0.15) is 13.2 Å². The van der Waals surface area contributed by atoms with Gasteiger partial charge >= 0.3 is 6.18 Å². The van der Waals surface area contributed by atoms with E-state index >= 15 is 0 Å². The molecule has 18 heavy (non-hydrogen) atoms. The number of alkyl halides is 4. The minimum atomic E-state index is -4.36. The van der Waals surface area contributed by atoms with Crippen molar-refractivity contribution in [2.24, 2.45) is 0 Å². The average Bonchev–Trinajstić information content (AvgIpc) is 2.28. The summed E-state index contributed by atoms with van der Waals surface area (Å²) >= 11 is 5.55. The Morgan fingerprint density at radius 3 is 2.28 bits per heavy atom. The average molecular weight is 280 g/mol. The van der Waals surface area contributed by atoms with Gasteiger partial charge in [-0.15, -0.1) is 11.6 Å². The van der Waals surface area contributed by atoms with Crippen molar-refractivity contribution in [1.29, 1.82) is 0 Å². The third kappa shape index (κ3) is 3.31. The minimum Gasteiger partial charge on any atom is -0.369 e. The fourth-order valence-corrected chi connectivity index (χ4v) is 2.20. The molecule has 0 fully saturated rings. The molecule has 0 aliphatic rings. The zero-order chi connectivity index (χ0) is 13.9. The predicted molar refractivity (Wildman–Crippen MR) is 69.2 cm³/mol. The van der Waals surface area contributed by atoms with Gasteiger partial charge in [0.1, 0.15) is 0 Å². The first-order chi connectivity index (χ1) is 8.31. The van der Waals surface area contributed by atoms with E-state index < -0.39 is 11.7 Å². The molecule has 0 heterocycles. The molecule has 1 aromatic rings. The van der Waals surface area contributed by atoms with Crippen LogP contribution in [0.4, 0.5) is 18.9 Å². The third-order valence-corrected chi connectivity index (χ3v) is 3.13. The molecule has 0 saturated heterocycles. The Labute approximate surface area is 111 Å². The molecule has 102 valence electrons. The quantitative estimate of drug-likeness (QED) is 0.724. The highest BCUT2D eigenvalue weighted by atomic mass is 35.5. The fourth-order valence-electron chi connectivity index (χ4n) is 1.97. The molecule has 0 unspecified atom stereocenters. The number of hydrogen-bond donors (Lipinski definition) is 0. The first-order valence-corrected chi connectivity index (χ1v) is 6.37. The van der Waals surface area contributed by atoms with Gasteiger partial charge in [0.25, 0.3) is 0 Å². The van der Waals surface area contributed by atoms with Crippen molar-refractivity contribution in [3.8, 4) is 0 Å². The Kier molecular flexibility index (Phi) is 4.91. The van der Waals surface area contributed by atoms with Crippen molar-refractivity contribution in [1.82, 2.24) is 0 Å². The highest BCUT2D eigenvalue weighted by molar-refractivity contribution is 6.17. The number of hydrogen-bond acceptors (Lipinski definition) is 1. The summed E-state index contributed by atoms with van der Waals surface area (Å²) in [6.45, 7) is 6.48. The van der Waals surface area contributed by atoms with Crippen molar-refractivity contribution >= 4 is 17.3 Å². The van der Waals surface area contributed by atoms with Gasteiger partial charge in [-0.05, 0) is 38.5 Å². The molecule has 0 aromatic heterocycles. The first-order valence-electron chi connectivity index (χ1n) is 5.84. The van der Waals surface area contributed by atoms with Crippen molar-refractivity contribution in [2.75, 3.05) is 11.4 Å². The van der Waals surface area contributed by atoms with Crippen LogP contribution in [0.25, 0.3) is 0 Å². The van der Waals surface area contributed by atoms with Crippen LogP contribution in [0.5, 0.6) is 0 Å². The number of anilines is 1. The van der Waals surface area contributed by atoms with E-state index in [0.717, 1.165) is 0 Å². The molecule has 0 spiro atoms. The van der Waals surface area contributed by atoms with Crippen molar-refractivity contribution in [3.63, 3.8) is 0 Å². The smallest absolute Gasteiger partial charge is 0.369 e. The Morgan fingerprint density at radius 1 is 1.28 bits per heavy atom. The highest BCUT2D eigenvalue weighted by Crippen LogP contribution is 2.35. The SMILES string of the molecule is CCN(c1ccc(CCl)c(C(F)(F)F)c1)C(C)C. The summed E-state index contributed by atoms with van der Waals surface area (Å²) in [7, 11) is 0. The normalized spacial score (nSPS) is 12.0. The maximum Gasteiger partial charge on any atom is 0.416 e. The summed E-state index contributed by atoms with van der Waals surface area (Å²) in [6.07, 6.45) is -4.36. The molecule has 1 rings (SSSR count). The molecule has 5 heteroatoms. The molecular weight excluding hydrogens is 263 g/mol. The standard InChI is InChI=1S/C13H17ClF3N/c1-4-18(9(2)3)11-6-5-10(8-14)12(7-11)13(15,16)17/h5-7,9H,4,8H2,1-3H3. The summed E-state index contributed by atoms with van der Waals surface area (Å²) in [4.78, 5) is 1.91. The van der Waals surface area contributed by atoms with Gasteiger partial charge < -0.3 is 4.90 Å². The van der Waals surface area contributed by atoms with Crippen molar-refractivity contribution in [2.45, 2.75) is 38.9 Å². The van der Waals surface area contributed by atoms with E-state index in [1.807, 2.05) is 25.7 Å². The Morgan fingerprint density at radius 2 is 1.89 bits per heavy atom. The summed E-state index contributed by atoms with van der Waals surface area (Å²) in [5.74, 6) is -0.136. The van der Waals surface area contributed by atoms with Crippen LogP contribution >= 0.6 is 11.6 Å². The maximum absolute atomic E-state index is 12.9. The zero-order valence-electron chi connectivity index (χ0n) is 10.7. The molecule has 0 amide bonds. The van der Waals surface area contributed by atoms with Gasteiger partial charge in [0.15, 0.2) is 0 Å². The van der Waals surface area contributed by atoms with Gasteiger partial charge in [0, 0.05) is 24.2 Å². The first kappa shape index (κ1) is 15.2. The summed E-state index contributed by atoms with van der Waals surface area (Å²) in [5.41, 5.74) is 0.0514. The molecule has 1 aromatic carbocycles. The molecule has 0 radical (unpaired) electrons. The van der Waals surface area contributed by atoms with E-state index in [0.29, 0.717) is 12.2 Å². The van der Waals surface area contributed by atoms with Gasteiger partial charge in [-0.1, -0.05) is 6.07 Å². The Balaban J connectivity index is 3.26. The Bertz CT molecular complexity index is 402. The topological polar surface area (TPSA) is 3.24 Å². The highest BCUT2D eigenvalue weighted by Gasteiger charge is 2.33. The predicted octanol–water partition coefficient (Wildman–Crippen LogP) is 4.68. The molecule has 0 atom stereocenters. The second kappa shape index (κ2) is 5.83. The molecular formula is C13H17ClF3N. The maximum atomic E-state index is 12.9. The van der Waals surface area contributed by atoms with E-state index in [9.17, 15) is 13.2 Å². The minimum absolute atomic E-state index is 0.118. The number of halogens is 4. The molecule has 1 nitrogen and oxygen atoms in total. The molecule has 0 aliphatic carbocycles. The van der Waals surface area contributed by atoms with Crippen LogP contribution < -0.4 is 4.90 Å². The lowest BCUT2D eigenvalue weighted by Crippen LogP contribution is -2.30. The van der Waals surface area contributed by atoms with Crippen molar-refractivity contribution < 1.29 is 13.2 Å². The van der Waals surface area contributed by atoms with E-state index in [1.165, 1.54) is 12.1 Å². The van der Waals surface area contributed by atoms with Gasteiger partial charge in [0.05, 0.1) is 5.56 Å². The van der Waals surface area contributed by atoms with E-state index in [1.54, 1.807) is 6.07 Å². The van der Waals surface area contributed by atoms with Crippen LogP contribution in [-0.4, -0.2) is 12.6 Å². The lowest BCUT2D eigenvalue weighted by Gasteiger charge is -2.28. The van der Waals surface area contributed by atoms with Gasteiger partial charge in [-0.3, -0.25) is 0 Å². The van der Waals surface area contributed by atoms with E-state index in [-0.39, 0.29) is 17.5 Å². The third-order valence-electron chi connectivity index (χ3n) is 2.84. The van der Waals surface area contributed by atoms with E-state index in [4.69, 9.17) is 11.6 Å². The van der Waals surface area contributed by atoms with Crippen LogP contribution in [0.15, 0.2) is 18.2 Å². The lowest BCUT2D eigenvalue weighted by molar-refractivity contribution is -0.138. The molecule has 0 bridgehead atoms. The lowest BCUT2D eigenvalue weighted by atomic mass is 10.1. The monoisotopic (exact) mass is 279 g/mol. The molecule has 0 saturated carbocycles. The summed E-state index contributed by atoms with van der Waals surface area (Å²) in [6, 6.07) is 4.48. The van der Waals surface area contributed by atoms with E-state index in [2.05, 4.69) is 0 Å². The largest absolute Gasteiger partial charge is 0.416 e. The van der Waals surface area contributed by atoms with Crippen LogP contribution in [0.1, 0.15) is 31.9 Å².